The number of rotatable bonds is 8. The van der Waals surface area contributed by atoms with Crippen molar-refractivity contribution < 1.29 is 32.6 Å². The van der Waals surface area contributed by atoms with E-state index in [1.54, 1.807) is 12.1 Å². The van der Waals surface area contributed by atoms with Crippen molar-refractivity contribution in [3.8, 4) is 5.75 Å². The van der Waals surface area contributed by atoms with Gasteiger partial charge in [-0.2, -0.15) is 8.78 Å². The number of halogens is 2. The predicted octanol–water partition coefficient (Wildman–Crippen LogP) is 3.24. The molecule has 0 aliphatic rings. The summed E-state index contributed by atoms with van der Waals surface area (Å²) >= 11 is 0. The largest absolute Gasteiger partial charge is 0.449 e. The molecule has 2 aromatic carbocycles. The molecule has 1 N–H and O–H groups in total. The number of likely N-dealkylation sites (N-methyl/N-ethyl adjacent to an activating group) is 1. The second-order valence-corrected chi connectivity index (χ2v) is 6.56. The van der Waals surface area contributed by atoms with Crippen LogP contribution in [0.4, 0.5) is 14.5 Å². The molecule has 2 amide bonds. The van der Waals surface area contributed by atoms with Gasteiger partial charge in [-0.3, -0.25) is 9.59 Å². The van der Waals surface area contributed by atoms with Crippen molar-refractivity contribution in [1.82, 2.24) is 4.90 Å². The molecule has 0 radical (unpaired) electrons. The van der Waals surface area contributed by atoms with Gasteiger partial charge in [-0.25, -0.2) is 4.79 Å². The van der Waals surface area contributed by atoms with E-state index in [1.165, 1.54) is 38.2 Å². The highest BCUT2D eigenvalue weighted by Crippen LogP contribution is 2.16. The molecule has 0 spiro atoms. The number of carbonyl (C=O) groups is 3. The van der Waals surface area contributed by atoms with Gasteiger partial charge in [0.05, 0.1) is 12.1 Å². The normalized spacial score (nSPS) is 11.5. The summed E-state index contributed by atoms with van der Waals surface area (Å²) in [5, 5.41) is 2.67. The molecule has 0 aliphatic heterocycles. The van der Waals surface area contributed by atoms with Crippen molar-refractivity contribution in [3.05, 3.63) is 59.7 Å². The number of hydrogen-bond acceptors (Lipinski definition) is 5. The zero-order chi connectivity index (χ0) is 22.3. The van der Waals surface area contributed by atoms with Gasteiger partial charge in [-0.15, -0.1) is 0 Å². The maximum absolute atomic E-state index is 12.4. The van der Waals surface area contributed by atoms with E-state index >= 15 is 0 Å². The van der Waals surface area contributed by atoms with E-state index in [2.05, 4.69) is 10.1 Å². The summed E-state index contributed by atoms with van der Waals surface area (Å²) in [4.78, 5) is 37.8. The van der Waals surface area contributed by atoms with Crippen LogP contribution in [0.25, 0.3) is 0 Å². The minimum absolute atomic E-state index is 0.0658. The molecule has 0 fully saturated rings. The number of alkyl halides is 2. The first kappa shape index (κ1) is 22.8. The van der Waals surface area contributed by atoms with Crippen molar-refractivity contribution in [2.24, 2.45) is 0 Å². The Morgan fingerprint density at radius 1 is 1.03 bits per heavy atom. The molecule has 0 saturated carbocycles. The minimum Gasteiger partial charge on any atom is -0.449 e. The molecule has 7 nitrogen and oxygen atoms in total. The molecule has 9 heteroatoms. The number of benzene rings is 2. The van der Waals surface area contributed by atoms with Crippen LogP contribution in [0.15, 0.2) is 48.5 Å². The van der Waals surface area contributed by atoms with Gasteiger partial charge >= 0.3 is 12.6 Å². The van der Waals surface area contributed by atoms with Crippen molar-refractivity contribution >= 4 is 23.5 Å². The van der Waals surface area contributed by atoms with Crippen LogP contribution < -0.4 is 10.1 Å². The molecule has 0 unspecified atom stereocenters. The first-order chi connectivity index (χ1) is 14.2. The number of aryl methyl sites for hydroxylation is 1. The van der Waals surface area contributed by atoms with Crippen molar-refractivity contribution in [2.45, 2.75) is 26.6 Å². The van der Waals surface area contributed by atoms with E-state index in [1.807, 2.05) is 19.1 Å². The van der Waals surface area contributed by atoms with Crippen LogP contribution in [0, 0.1) is 6.92 Å². The molecule has 0 aliphatic carbocycles. The number of esters is 1. The van der Waals surface area contributed by atoms with E-state index in [9.17, 15) is 23.2 Å². The van der Waals surface area contributed by atoms with Crippen LogP contribution in [-0.4, -0.2) is 49.0 Å². The second kappa shape index (κ2) is 10.3. The van der Waals surface area contributed by atoms with E-state index in [0.29, 0.717) is 5.69 Å². The topological polar surface area (TPSA) is 84.9 Å². The lowest BCUT2D eigenvalue weighted by Crippen LogP contribution is -2.41. The van der Waals surface area contributed by atoms with E-state index in [4.69, 9.17) is 4.74 Å². The summed E-state index contributed by atoms with van der Waals surface area (Å²) in [7, 11) is 1.41. The third kappa shape index (κ3) is 6.84. The van der Waals surface area contributed by atoms with Gasteiger partial charge < -0.3 is 19.7 Å². The molecule has 30 heavy (non-hydrogen) atoms. The van der Waals surface area contributed by atoms with Crippen LogP contribution in [0.1, 0.15) is 22.8 Å². The first-order valence-corrected chi connectivity index (χ1v) is 9.03. The van der Waals surface area contributed by atoms with Gasteiger partial charge in [0.2, 0.25) is 5.91 Å². The van der Waals surface area contributed by atoms with Crippen LogP contribution in [-0.2, 0) is 14.3 Å². The highest BCUT2D eigenvalue weighted by Gasteiger charge is 2.23. The van der Waals surface area contributed by atoms with E-state index < -0.39 is 30.5 Å². The van der Waals surface area contributed by atoms with E-state index in [-0.39, 0.29) is 17.9 Å². The Labute approximate surface area is 172 Å². The second-order valence-electron chi connectivity index (χ2n) is 6.56. The fraction of sp³-hybridized carbons (Fsp3) is 0.286. The van der Waals surface area contributed by atoms with Gasteiger partial charge in [0, 0.05) is 12.7 Å². The lowest BCUT2D eigenvalue weighted by Gasteiger charge is -2.21. The zero-order valence-electron chi connectivity index (χ0n) is 16.7. The minimum atomic E-state index is -2.97. The summed E-state index contributed by atoms with van der Waals surface area (Å²) in [6.07, 6.45) is -1.15. The molecular formula is C21H22F2N2O5. The van der Waals surface area contributed by atoms with Gasteiger partial charge in [0.15, 0.2) is 6.10 Å². The molecule has 0 heterocycles. The maximum Gasteiger partial charge on any atom is 0.387 e. The monoisotopic (exact) mass is 420 g/mol. The Morgan fingerprint density at radius 2 is 1.63 bits per heavy atom. The third-order valence-corrected chi connectivity index (χ3v) is 4.04. The zero-order valence-corrected chi connectivity index (χ0v) is 16.7. The van der Waals surface area contributed by atoms with Gasteiger partial charge in [-0.05, 0) is 50.2 Å². The quantitative estimate of drug-likeness (QED) is 0.663. The summed E-state index contributed by atoms with van der Waals surface area (Å²) in [5.74, 6) is -1.88. The number of nitrogens with zero attached hydrogens (tertiary/aromatic N) is 1. The third-order valence-electron chi connectivity index (χ3n) is 4.04. The lowest BCUT2D eigenvalue weighted by atomic mass is 10.2. The highest BCUT2D eigenvalue weighted by molar-refractivity contribution is 5.96. The summed E-state index contributed by atoms with van der Waals surface area (Å²) in [6, 6.07) is 12.1. The molecule has 160 valence electrons. The SMILES string of the molecule is Cc1ccc(NC(=O)CN(C)C(=O)[C@H](C)OC(=O)c2ccc(OC(F)F)cc2)cc1. The van der Waals surface area contributed by atoms with Crippen molar-refractivity contribution in [3.63, 3.8) is 0 Å². The smallest absolute Gasteiger partial charge is 0.387 e. The fourth-order valence-corrected chi connectivity index (χ4v) is 2.49. The van der Waals surface area contributed by atoms with Crippen LogP contribution in [0.3, 0.4) is 0 Å². The number of hydrogen-bond donors (Lipinski definition) is 1. The molecule has 2 aromatic rings. The maximum atomic E-state index is 12.4. The number of nitrogens with one attached hydrogen (secondary N) is 1. The Hall–Kier alpha value is -3.49. The van der Waals surface area contributed by atoms with Crippen molar-refractivity contribution in [1.29, 1.82) is 0 Å². The standard InChI is InChI=1S/C21H22F2N2O5/c1-13-4-8-16(9-5-13)24-18(26)12-25(3)19(27)14(2)29-20(28)15-6-10-17(11-7-15)30-21(22)23/h4-11,14,21H,12H2,1-3H3,(H,24,26)/t14-/m0/s1. The number of carbonyl (C=O) groups excluding carboxylic acids is 3. The van der Waals surface area contributed by atoms with E-state index in [0.717, 1.165) is 10.5 Å². The summed E-state index contributed by atoms with van der Waals surface area (Å²) in [6.45, 7) is 0.0999. The van der Waals surface area contributed by atoms with Crippen LogP contribution in [0.2, 0.25) is 0 Å². The molecule has 1 atom stereocenters. The van der Waals surface area contributed by atoms with Gasteiger partial charge in [0.1, 0.15) is 5.75 Å². The predicted molar refractivity (Wildman–Crippen MR) is 105 cm³/mol. The summed E-state index contributed by atoms with van der Waals surface area (Å²) < 4.78 is 33.6. The Kier molecular flexibility index (Phi) is 7.85. The average Bonchev–Trinajstić information content (AvgIpc) is 2.69. The molecular weight excluding hydrogens is 398 g/mol. The molecule has 2 rings (SSSR count). The van der Waals surface area contributed by atoms with Crippen molar-refractivity contribution in [2.75, 3.05) is 18.9 Å². The Morgan fingerprint density at radius 3 is 2.20 bits per heavy atom. The number of ether oxygens (including phenoxy) is 2. The van der Waals surface area contributed by atoms with Gasteiger partial charge in [0.25, 0.3) is 5.91 Å². The van der Waals surface area contributed by atoms with Crippen LogP contribution in [0.5, 0.6) is 5.75 Å². The fourth-order valence-electron chi connectivity index (χ4n) is 2.49. The number of amides is 2. The lowest BCUT2D eigenvalue weighted by molar-refractivity contribution is -0.140. The average molecular weight is 420 g/mol. The Balaban J connectivity index is 1.86. The first-order valence-electron chi connectivity index (χ1n) is 9.03. The molecule has 0 bridgehead atoms. The van der Waals surface area contributed by atoms with Gasteiger partial charge in [-0.1, -0.05) is 17.7 Å². The Bertz CT molecular complexity index is 885. The summed E-state index contributed by atoms with van der Waals surface area (Å²) in [5.41, 5.74) is 1.72. The van der Waals surface area contributed by atoms with Crippen LogP contribution >= 0.6 is 0 Å². The number of anilines is 1. The molecule has 0 saturated heterocycles. The molecule has 0 aromatic heterocycles. The highest BCUT2D eigenvalue weighted by atomic mass is 19.3.